The molecule has 0 saturated carbocycles. The Kier molecular flexibility index (Phi) is 7.05. The lowest BCUT2D eigenvalue weighted by molar-refractivity contribution is -0.130. The molecule has 4 nitrogen and oxygen atoms in total. The molecular weight excluding hydrogens is 306 g/mol. The highest BCUT2D eigenvalue weighted by molar-refractivity contribution is 9.10. The summed E-state index contributed by atoms with van der Waals surface area (Å²) in [4.78, 5) is 16.0. The van der Waals surface area contributed by atoms with Crippen LogP contribution in [-0.4, -0.2) is 56.5 Å². The molecule has 0 fully saturated rings. The number of nitrogens with one attached hydrogen (secondary N) is 1. The fourth-order valence-corrected chi connectivity index (χ4v) is 1.95. The molecule has 0 spiro atoms. The second-order valence-electron chi connectivity index (χ2n) is 4.78. The van der Waals surface area contributed by atoms with Gasteiger partial charge in [-0.25, -0.2) is 0 Å². The second kappa shape index (κ2) is 8.30. The topological polar surface area (TPSA) is 35.6 Å². The highest BCUT2D eigenvalue weighted by Crippen LogP contribution is 2.12. The number of carbonyl (C=O) groups excluding carboxylic acids is 1. The minimum absolute atomic E-state index is 0.132. The fourth-order valence-electron chi connectivity index (χ4n) is 1.69. The molecule has 1 rings (SSSR count). The van der Waals surface area contributed by atoms with Crippen molar-refractivity contribution in [1.82, 2.24) is 15.1 Å². The highest BCUT2D eigenvalue weighted by atomic mass is 79.9. The number of nitrogens with zero attached hydrogens (tertiary/aromatic N) is 2. The van der Waals surface area contributed by atoms with Crippen LogP contribution in [0.5, 0.6) is 0 Å². The van der Waals surface area contributed by atoms with Gasteiger partial charge in [-0.15, -0.1) is 0 Å². The van der Waals surface area contributed by atoms with E-state index in [0.717, 1.165) is 23.1 Å². The second-order valence-corrected chi connectivity index (χ2v) is 5.69. The summed E-state index contributed by atoms with van der Waals surface area (Å²) >= 11 is 3.42. The molecular formula is C14H22BrN3O. The lowest BCUT2D eigenvalue weighted by atomic mass is 10.2. The fraction of sp³-hybridized carbons (Fsp3) is 0.500. The smallest absolute Gasteiger partial charge is 0.236 e. The van der Waals surface area contributed by atoms with Gasteiger partial charge in [0.25, 0.3) is 0 Å². The summed E-state index contributed by atoms with van der Waals surface area (Å²) in [7, 11) is 5.82. The first kappa shape index (κ1) is 16.1. The highest BCUT2D eigenvalue weighted by Gasteiger charge is 2.13. The van der Waals surface area contributed by atoms with E-state index in [9.17, 15) is 4.79 Å². The molecule has 1 aromatic carbocycles. The number of hydrogen-bond acceptors (Lipinski definition) is 3. The van der Waals surface area contributed by atoms with Crippen LogP contribution < -0.4 is 5.32 Å². The molecule has 0 bridgehead atoms. The van der Waals surface area contributed by atoms with Gasteiger partial charge in [-0.05, 0) is 38.8 Å². The molecule has 0 aromatic heterocycles. The Morgan fingerprint density at radius 2 is 1.84 bits per heavy atom. The maximum absolute atomic E-state index is 12.1. The maximum Gasteiger partial charge on any atom is 0.236 e. The molecule has 0 aliphatic rings. The first-order valence-corrected chi connectivity index (χ1v) is 7.13. The molecule has 19 heavy (non-hydrogen) atoms. The van der Waals surface area contributed by atoms with Crippen LogP contribution in [0.1, 0.15) is 5.56 Å². The Morgan fingerprint density at radius 1 is 1.21 bits per heavy atom. The van der Waals surface area contributed by atoms with Crippen molar-refractivity contribution in [3.05, 3.63) is 34.3 Å². The van der Waals surface area contributed by atoms with E-state index in [1.165, 1.54) is 0 Å². The van der Waals surface area contributed by atoms with Gasteiger partial charge in [0.1, 0.15) is 0 Å². The van der Waals surface area contributed by atoms with Crippen molar-refractivity contribution in [3.8, 4) is 0 Å². The molecule has 0 saturated heterocycles. The van der Waals surface area contributed by atoms with E-state index in [0.29, 0.717) is 13.1 Å². The third-order valence-corrected chi connectivity index (χ3v) is 3.31. The average Bonchev–Trinajstić information content (AvgIpc) is 2.36. The molecule has 1 amide bonds. The van der Waals surface area contributed by atoms with Crippen LogP contribution in [0.3, 0.4) is 0 Å². The van der Waals surface area contributed by atoms with Crippen molar-refractivity contribution in [2.45, 2.75) is 6.54 Å². The summed E-state index contributed by atoms with van der Waals surface area (Å²) in [6.45, 7) is 2.64. The monoisotopic (exact) mass is 327 g/mol. The van der Waals surface area contributed by atoms with Gasteiger partial charge in [-0.2, -0.15) is 0 Å². The van der Waals surface area contributed by atoms with Crippen molar-refractivity contribution in [3.63, 3.8) is 0 Å². The van der Waals surface area contributed by atoms with Crippen LogP contribution in [0.2, 0.25) is 0 Å². The number of carbonyl (C=O) groups is 1. The molecule has 0 aliphatic heterocycles. The van der Waals surface area contributed by atoms with Gasteiger partial charge in [-0.3, -0.25) is 4.79 Å². The summed E-state index contributed by atoms with van der Waals surface area (Å²) in [5.74, 6) is 0.132. The van der Waals surface area contributed by atoms with E-state index >= 15 is 0 Å². The third kappa shape index (κ3) is 6.18. The van der Waals surface area contributed by atoms with E-state index in [1.807, 2.05) is 43.3 Å². The predicted octanol–water partition coefficient (Wildman–Crippen LogP) is 1.56. The lowest BCUT2D eigenvalue weighted by Crippen LogP contribution is -2.40. The summed E-state index contributed by atoms with van der Waals surface area (Å²) in [6, 6.07) is 8.09. The van der Waals surface area contributed by atoms with Gasteiger partial charge < -0.3 is 15.1 Å². The Hall–Kier alpha value is -0.910. The Labute approximate surface area is 123 Å². The van der Waals surface area contributed by atoms with Crippen LogP contribution in [0.4, 0.5) is 0 Å². The number of rotatable bonds is 7. The van der Waals surface area contributed by atoms with E-state index in [-0.39, 0.29) is 5.91 Å². The Morgan fingerprint density at radius 3 is 2.37 bits per heavy atom. The minimum atomic E-state index is 0.132. The number of halogens is 1. The zero-order valence-corrected chi connectivity index (χ0v) is 13.4. The molecule has 1 aromatic rings. The van der Waals surface area contributed by atoms with Crippen LogP contribution in [0.15, 0.2) is 28.7 Å². The largest absolute Gasteiger partial charge is 0.336 e. The van der Waals surface area contributed by atoms with E-state index < -0.39 is 0 Å². The van der Waals surface area contributed by atoms with Gasteiger partial charge in [0, 0.05) is 24.1 Å². The predicted molar refractivity (Wildman–Crippen MR) is 82.0 cm³/mol. The quantitative estimate of drug-likeness (QED) is 0.825. The van der Waals surface area contributed by atoms with Crippen LogP contribution in [-0.2, 0) is 11.3 Å². The van der Waals surface area contributed by atoms with E-state index in [2.05, 4.69) is 26.1 Å². The minimum Gasteiger partial charge on any atom is -0.336 e. The zero-order chi connectivity index (χ0) is 14.3. The first-order chi connectivity index (χ1) is 9.02. The van der Waals surface area contributed by atoms with Crippen LogP contribution >= 0.6 is 15.9 Å². The van der Waals surface area contributed by atoms with Crippen molar-refractivity contribution in [2.24, 2.45) is 0 Å². The Balaban J connectivity index is 2.66. The normalized spacial score (nSPS) is 10.8. The molecule has 0 heterocycles. The van der Waals surface area contributed by atoms with Crippen LogP contribution in [0.25, 0.3) is 0 Å². The summed E-state index contributed by atoms with van der Waals surface area (Å²) < 4.78 is 1.05. The van der Waals surface area contributed by atoms with Crippen LogP contribution in [0, 0.1) is 0 Å². The molecule has 106 valence electrons. The van der Waals surface area contributed by atoms with Crippen molar-refractivity contribution in [1.29, 1.82) is 0 Å². The van der Waals surface area contributed by atoms with E-state index in [1.54, 1.807) is 7.05 Å². The molecule has 0 unspecified atom stereocenters. The summed E-state index contributed by atoms with van der Waals surface area (Å²) in [5.41, 5.74) is 1.14. The summed E-state index contributed by atoms with van der Waals surface area (Å²) in [6.07, 6.45) is 0. The number of amides is 1. The zero-order valence-electron chi connectivity index (χ0n) is 11.8. The van der Waals surface area contributed by atoms with Crippen molar-refractivity contribution >= 4 is 21.8 Å². The third-order valence-electron chi connectivity index (χ3n) is 2.78. The van der Waals surface area contributed by atoms with Crippen molar-refractivity contribution < 1.29 is 4.79 Å². The Bertz CT molecular complexity index is 392. The number of likely N-dealkylation sites (N-methyl/N-ethyl adjacent to an activating group) is 2. The van der Waals surface area contributed by atoms with Gasteiger partial charge >= 0.3 is 0 Å². The van der Waals surface area contributed by atoms with Crippen molar-refractivity contribution in [2.75, 3.05) is 40.8 Å². The maximum atomic E-state index is 12.1. The van der Waals surface area contributed by atoms with Gasteiger partial charge in [0.15, 0.2) is 0 Å². The first-order valence-electron chi connectivity index (χ1n) is 6.34. The summed E-state index contributed by atoms with van der Waals surface area (Å²) in [5, 5.41) is 2.92. The standard InChI is InChI=1S/C14H22BrN3O/c1-16-10-14(19)18(9-8-17(2)3)11-12-4-6-13(15)7-5-12/h4-7,16H,8-11H2,1-3H3. The van der Waals surface area contributed by atoms with E-state index in [4.69, 9.17) is 0 Å². The molecule has 0 aliphatic carbocycles. The molecule has 0 radical (unpaired) electrons. The SMILES string of the molecule is CNCC(=O)N(CCN(C)C)Cc1ccc(Br)cc1. The van der Waals surface area contributed by atoms with Gasteiger partial charge in [0.2, 0.25) is 5.91 Å². The van der Waals surface area contributed by atoms with Gasteiger partial charge in [-0.1, -0.05) is 28.1 Å². The number of benzene rings is 1. The molecule has 0 atom stereocenters. The molecule has 5 heteroatoms. The van der Waals surface area contributed by atoms with Gasteiger partial charge in [0.05, 0.1) is 6.54 Å². The number of hydrogen-bond donors (Lipinski definition) is 1. The average molecular weight is 328 g/mol. The molecule has 1 N–H and O–H groups in total. The lowest BCUT2D eigenvalue weighted by Gasteiger charge is -2.24.